The van der Waals surface area contributed by atoms with Gasteiger partial charge in [0.15, 0.2) is 0 Å². The number of thiol groups is 1. The second-order valence-corrected chi connectivity index (χ2v) is 4.81. The molecule has 0 N–H and O–H groups in total. The molecule has 0 amide bonds. The van der Waals surface area contributed by atoms with Gasteiger partial charge in [-0.2, -0.15) is 5.26 Å². The van der Waals surface area contributed by atoms with Crippen LogP contribution in [0.5, 0.6) is 0 Å². The molecule has 2 aromatic rings. The lowest BCUT2D eigenvalue weighted by molar-refractivity contribution is 1.48. The van der Waals surface area contributed by atoms with Crippen molar-refractivity contribution < 1.29 is 0 Å². The Kier molecular flexibility index (Phi) is 2.33. The van der Waals surface area contributed by atoms with Crippen LogP contribution in [0.1, 0.15) is 5.56 Å². The summed E-state index contributed by atoms with van der Waals surface area (Å²) in [5.41, 5.74) is 0.654. The number of nitrogens with zero attached hydrogens (tertiary/aromatic N) is 1. The fraction of sp³-hybridized carbons (Fsp3) is 0. The van der Waals surface area contributed by atoms with E-state index in [4.69, 9.17) is 5.26 Å². The van der Waals surface area contributed by atoms with Crippen molar-refractivity contribution in [1.29, 1.82) is 5.26 Å². The Hall–Kier alpha value is -0.500. The number of hydrogen-bond donors (Lipinski definition) is 1. The van der Waals surface area contributed by atoms with E-state index in [1.807, 2.05) is 17.5 Å². The minimum atomic E-state index is 0.654. The van der Waals surface area contributed by atoms with Gasteiger partial charge in [0.1, 0.15) is 6.07 Å². The maximum Gasteiger partial charge on any atom is 0.100 e. The van der Waals surface area contributed by atoms with Crippen LogP contribution in [0, 0.1) is 11.3 Å². The van der Waals surface area contributed by atoms with Crippen LogP contribution in [0.4, 0.5) is 0 Å². The molecule has 0 aliphatic carbocycles. The van der Waals surface area contributed by atoms with Gasteiger partial charge < -0.3 is 0 Å². The largest absolute Gasteiger partial charge is 0.192 e. The normalized spacial score (nSPS) is 10.2. The number of hydrogen-bond acceptors (Lipinski definition) is 3. The van der Waals surface area contributed by atoms with Gasteiger partial charge in [-0.15, -0.1) is 24.0 Å². The van der Waals surface area contributed by atoms with Gasteiger partial charge in [-0.05, 0) is 28.1 Å². The van der Waals surface area contributed by atoms with Crippen LogP contribution in [-0.2, 0) is 0 Å². The molecule has 4 heteroatoms. The van der Waals surface area contributed by atoms with Gasteiger partial charge in [-0.1, -0.05) is 0 Å². The summed E-state index contributed by atoms with van der Waals surface area (Å²) < 4.78 is 1.99. The first-order valence-corrected chi connectivity index (χ1v) is 5.64. The van der Waals surface area contributed by atoms with Crippen LogP contribution < -0.4 is 0 Å². The van der Waals surface area contributed by atoms with E-state index >= 15 is 0 Å². The van der Waals surface area contributed by atoms with Crippen LogP contribution in [0.15, 0.2) is 26.9 Å². The van der Waals surface area contributed by atoms with Gasteiger partial charge in [0.2, 0.25) is 0 Å². The molecule has 1 aromatic heterocycles. The van der Waals surface area contributed by atoms with Gasteiger partial charge in [0.05, 0.1) is 5.56 Å². The highest BCUT2D eigenvalue weighted by Gasteiger charge is 2.05. The molecule has 0 fully saturated rings. The van der Waals surface area contributed by atoms with Crippen LogP contribution in [0.25, 0.3) is 10.1 Å². The monoisotopic (exact) mass is 269 g/mol. The van der Waals surface area contributed by atoms with E-state index in [0.717, 1.165) is 19.5 Å². The summed E-state index contributed by atoms with van der Waals surface area (Å²) >= 11 is 9.29. The Morgan fingerprint density at radius 2 is 2.23 bits per heavy atom. The minimum absolute atomic E-state index is 0.654. The molecule has 0 saturated heterocycles. The lowest BCUT2D eigenvalue weighted by Gasteiger charge is -1.95. The van der Waals surface area contributed by atoms with E-state index in [1.165, 1.54) is 0 Å². The Bertz CT molecular complexity index is 510. The molecule has 1 heterocycles. The fourth-order valence-electron chi connectivity index (χ4n) is 1.12. The van der Waals surface area contributed by atoms with E-state index < -0.39 is 0 Å². The third kappa shape index (κ3) is 1.48. The summed E-state index contributed by atoms with van der Waals surface area (Å²) in [4.78, 5) is 0.934. The first-order valence-electron chi connectivity index (χ1n) is 3.52. The van der Waals surface area contributed by atoms with Crippen molar-refractivity contribution in [2.75, 3.05) is 0 Å². The summed E-state index contributed by atoms with van der Waals surface area (Å²) in [6, 6.07) is 5.94. The highest BCUT2D eigenvalue weighted by Crippen LogP contribution is 2.32. The second kappa shape index (κ2) is 3.33. The zero-order valence-corrected chi connectivity index (χ0v) is 9.71. The Morgan fingerprint density at radius 3 is 2.92 bits per heavy atom. The molecule has 2 rings (SSSR count). The predicted molar refractivity (Wildman–Crippen MR) is 61.5 cm³/mol. The topological polar surface area (TPSA) is 23.8 Å². The molecular weight excluding hydrogens is 266 g/mol. The quantitative estimate of drug-likeness (QED) is 0.723. The molecule has 64 valence electrons. The van der Waals surface area contributed by atoms with Crippen molar-refractivity contribution in [3.63, 3.8) is 0 Å². The third-order valence-electron chi connectivity index (χ3n) is 1.76. The number of fused-ring (bicyclic) bond motifs is 1. The summed E-state index contributed by atoms with van der Waals surface area (Å²) in [7, 11) is 0. The highest BCUT2D eigenvalue weighted by molar-refractivity contribution is 9.10. The highest BCUT2D eigenvalue weighted by atomic mass is 79.9. The molecule has 0 aliphatic rings. The maximum atomic E-state index is 8.80. The molecule has 0 spiro atoms. The molecule has 1 nitrogen and oxygen atoms in total. The van der Waals surface area contributed by atoms with Crippen LogP contribution in [-0.4, -0.2) is 0 Å². The van der Waals surface area contributed by atoms with Crippen molar-refractivity contribution in [1.82, 2.24) is 0 Å². The average molecular weight is 270 g/mol. The number of nitriles is 1. The van der Waals surface area contributed by atoms with Gasteiger partial charge in [0.25, 0.3) is 0 Å². The molecule has 13 heavy (non-hydrogen) atoms. The SMILES string of the molecule is N#Cc1cc2c(S)csc2cc1Br. The maximum absolute atomic E-state index is 8.80. The van der Waals surface area contributed by atoms with Crippen LogP contribution >= 0.6 is 39.9 Å². The zero-order chi connectivity index (χ0) is 9.42. The predicted octanol–water partition coefficient (Wildman–Crippen LogP) is 3.82. The smallest absolute Gasteiger partial charge is 0.100 e. The summed E-state index contributed by atoms with van der Waals surface area (Å²) in [6.45, 7) is 0. The first-order chi connectivity index (χ1) is 6.22. The minimum Gasteiger partial charge on any atom is -0.192 e. The third-order valence-corrected chi connectivity index (χ3v) is 3.91. The van der Waals surface area contributed by atoms with Gasteiger partial charge in [0, 0.05) is 24.8 Å². The average Bonchev–Trinajstić information content (AvgIpc) is 2.46. The number of rotatable bonds is 0. The van der Waals surface area contributed by atoms with Crippen molar-refractivity contribution in [3.05, 3.63) is 27.5 Å². The van der Waals surface area contributed by atoms with Crippen LogP contribution in [0.2, 0.25) is 0 Å². The van der Waals surface area contributed by atoms with Gasteiger partial charge in [-0.3, -0.25) is 0 Å². The van der Waals surface area contributed by atoms with Crippen LogP contribution in [0.3, 0.4) is 0 Å². The first kappa shape index (κ1) is 9.07. The molecule has 0 unspecified atom stereocenters. The standard InChI is InChI=1S/C9H4BrNS2/c10-7-2-9-6(1-5(7)3-11)8(12)4-13-9/h1-2,4,12H. The van der Waals surface area contributed by atoms with E-state index in [1.54, 1.807) is 11.3 Å². The fourth-order valence-corrected chi connectivity index (χ4v) is 2.97. The Balaban J connectivity index is 2.86. The van der Waals surface area contributed by atoms with Crippen molar-refractivity contribution in [2.45, 2.75) is 4.90 Å². The Morgan fingerprint density at radius 1 is 1.46 bits per heavy atom. The summed E-state index contributed by atoms with van der Waals surface area (Å²) in [6.07, 6.45) is 0. The number of thiophene rings is 1. The molecular formula is C9H4BrNS2. The lowest BCUT2D eigenvalue weighted by atomic mass is 10.2. The molecule has 0 bridgehead atoms. The summed E-state index contributed by atoms with van der Waals surface area (Å²) in [5.74, 6) is 0. The van der Waals surface area contributed by atoms with E-state index in [0.29, 0.717) is 5.56 Å². The number of benzene rings is 1. The van der Waals surface area contributed by atoms with E-state index in [-0.39, 0.29) is 0 Å². The molecule has 0 atom stereocenters. The van der Waals surface area contributed by atoms with Gasteiger partial charge in [-0.25, -0.2) is 0 Å². The number of halogens is 1. The van der Waals surface area contributed by atoms with E-state index in [9.17, 15) is 0 Å². The molecule has 0 aliphatic heterocycles. The second-order valence-electron chi connectivity index (χ2n) is 2.56. The van der Waals surface area contributed by atoms with Crippen molar-refractivity contribution in [3.8, 4) is 6.07 Å². The molecule has 1 aromatic carbocycles. The molecule has 0 radical (unpaired) electrons. The van der Waals surface area contributed by atoms with E-state index in [2.05, 4.69) is 34.6 Å². The Labute approximate surface area is 93.5 Å². The molecule has 0 saturated carbocycles. The summed E-state index contributed by atoms with van der Waals surface area (Å²) in [5, 5.41) is 11.8. The van der Waals surface area contributed by atoms with Crippen molar-refractivity contribution in [2.24, 2.45) is 0 Å². The zero-order valence-electron chi connectivity index (χ0n) is 6.41. The van der Waals surface area contributed by atoms with Gasteiger partial charge >= 0.3 is 0 Å². The lowest BCUT2D eigenvalue weighted by Crippen LogP contribution is -1.76. The van der Waals surface area contributed by atoms with Crippen molar-refractivity contribution >= 4 is 50.0 Å².